The average Bonchev–Trinajstić information content (AvgIpc) is 2.82. The molecule has 0 spiro atoms. The molecule has 0 bridgehead atoms. The number of aromatic nitrogens is 2. The first-order chi connectivity index (χ1) is 16.7. The molecular weight excluding hydrogens is 612 g/mol. The van der Waals surface area contributed by atoms with Gasteiger partial charge >= 0.3 is 0 Å². The maximum absolute atomic E-state index is 13.2. The number of hydrogen-bond acceptors (Lipinski definition) is 6. The molecule has 4 rings (SSSR count). The SMILES string of the molecule is COc1cc(N)ccc1F.COc1cc(Nc2ccnc(Cl)c2)ccc1F.Clc1cc(I)ccn1. The minimum absolute atomic E-state index is 0.181. The van der Waals surface area contributed by atoms with Crippen LogP contribution < -0.4 is 20.5 Å². The van der Waals surface area contributed by atoms with Gasteiger partial charge in [-0.05, 0) is 71.1 Å². The number of halogens is 5. The number of benzene rings is 2. The number of pyridine rings is 2. The smallest absolute Gasteiger partial charge is 0.165 e. The molecule has 35 heavy (non-hydrogen) atoms. The van der Waals surface area contributed by atoms with Gasteiger partial charge < -0.3 is 20.5 Å². The Hall–Kier alpha value is -2.89. The number of nitrogens with zero attached hydrogens (tertiary/aromatic N) is 2. The number of nitrogens with two attached hydrogens (primary N) is 1. The third kappa shape index (κ3) is 10.1. The highest BCUT2D eigenvalue weighted by atomic mass is 127. The topological polar surface area (TPSA) is 82.3 Å². The fraction of sp³-hybridized carbons (Fsp3) is 0.0833. The van der Waals surface area contributed by atoms with Crippen LogP contribution in [0, 0.1) is 15.2 Å². The van der Waals surface area contributed by atoms with Crippen molar-refractivity contribution < 1.29 is 18.3 Å². The summed E-state index contributed by atoms with van der Waals surface area (Å²) in [5.41, 5.74) is 7.34. The van der Waals surface area contributed by atoms with Crippen LogP contribution in [0.2, 0.25) is 10.3 Å². The molecule has 0 unspecified atom stereocenters. The van der Waals surface area contributed by atoms with Gasteiger partial charge in [0.15, 0.2) is 23.1 Å². The zero-order valence-corrected chi connectivity index (χ0v) is 22.3. The van der Waals surface area contributed by atoms with Crippen LogP contribution in [-0.4, -0.2) is 24.2 Å². The van der Waals surface area contributed by atoms with E-state index in [0.717, 1.165) is 9.26 Å². The summed E-state index contributed by atoms with van der Waals surface area (Å²) in [4.78, 5) is 7.67. The van der Waals surface area contributed by atoms with Crippen LogP contribution in [0.25, 0.3) is 0 Å². The van der Waals surface area contributed by atoms with Crippen molar-refractivity contribution in [3.8, 4) is 11.5 Å². The number of nitrogens with one attached hydrogen (secondary N) is 1. The Kier molecular flexibility index (Phi) is 11.7. The Morgan fingerprint density at radius 2 is 1.31 bits per heavy atom. The van der Waals surface area contributed by atoms with Crippen LogP contribution in [0.1, 0.15) is 0 Å². The van der Waals surface area contributed by atoms with Crippen LogP contribution in [0.15, 0.2) is 73.1 Å². The first-order valence-corrected chi connectivity index (χ1v) is 11.6. The molecule has 2 heterocycles. The van der Waals surface area contributed by atoms with Gasteiger partial charge in [-0.2, -0.15) is 0 Å². The van der Waals surface area contributed by atoms with E-state index in [2.05, 4.69) is 42.6 Å². The van der Waals surface area contributed by atoms with Crippen molar-refractivity contribution in [3.63, 3.8) is 0 Å². The number of methoxy groups -OCH3 is 2. The first-order valence-electron chi connectivity index (χ1n) is 9.80. The van der Waals surface area contributed by atoms with Gasteiger partial charge in [0.05, 0.1) is 14.2 Å². The maximum atomic E-state index is 13.2. The highest BCUT2D eigenvalue weighted by Gasteiger charge is 2.04. The van der Waals surface area contributed by atoms with Crippen molar-refractivity contribution in [1.29, 1.82) is 0 Å². The highest BCUT2D eigenvalue weighted by molar-refractivity contribution is 14.1. The number of hydrogen-bond donors (Lipinski definition) is 2. The molecule has 184 valence electrons. The molecule has 2 aromatic carbocycles. The van der Waals surface area contributed by atoms with E-state index in [0.29, 0.717) is 21.7 Å². The van der Waals surface area contributed by atoms with E-state index in [1.165, 1.54) is 38.5 Å². The number of anilines is 3. The molecular formula is C24H21Cl2F2IN4O2. The van der Waals surface area contributed by atoms with Gasteiger partial charge in [-0.25, -0.2) is 18.7 Å². The second-order valence-electron chi connectivity index (χ2n) is 6.53. The summed E-state index contributed by atoms with van der Waals surface area (Å²) < 4.78 is 36.5. The number of rotatable bonds is 4. The van der Waals surface area contributed by atoms with Crippen molar-refractivity contribution in [2.75, 3.05) is 25.3 Å². The Morgan fingerprint density at radius 3 is 1.83 bits per heavy atom. The Morgan fingerprint density at radius 1 is 0.771 bits per heavy atom. The molecule has 0 amide bonds. The summed E-state index contributed by atoms with van der Waals surface area (Å²) in [7, 11) is 2.82. The molecule has 0 saturated carbocycles. The fourth-order valence-corrected chi connectivity index (χ4v) is 3.43. The van der Waals surface area contributed by atoms with Gasteiger partial charge in [0.2, 0.25) is 0 Å². The molecule has 2 aromatic heterocycles. The average molecular weight is 633 g/mol. The highest BCUT2D eigenvalue weighted by Crippen LogP contribution is 2.25. The lowest BCUT2D eigenvalue weighted by Crippen LogP contribution is -1.93. The third-order valence-corrected chi connectivity index (χ3v) is 5.11. The largest absolute Gasteiger partial charge is 0.494 e. The molecule has 3 N–H and O–H groups in total. The van der Waals surface area contributed by atoms with Crippen molar-refractivity contribution in [1.82, 2.24) is 9.97 Å². The van der Waals surface area contributed by atoms with E-state index in [9.17, 15) is 8.78 Å². The fourth-order valence-electron chi connectivity index (χ4n) is 2.44. The molecule has 4 aromatic rings. The van der Waals surface area contributed by atoms with E-state index >= 15 is 0 Å². The van der Waals surface area contributed by atoms with Gasteiger partial charge in [0.1, 0.15) is 10.3 Å². The molecule has 6 nitrogen and oxygen atoms in total. The Labute approximate surface area is 225 Å². The van der Waals surface area contributed by atoms with Gasteiger partial charge in [-0.1, -0.05) is 23.2 Å². The van der Waals surface area contributed by atoms with Crippen LogP contribution in [0.4, 0.5) is 25.8 Å². The lowest BCUT2D eigenvalue weighted by atomic mass is 10.2. The Balaban J connectivity index is 0.000000204. The quantitative estimate of drug-likeness (QED) is 0.139. The van der Waals surface area contributed by atoms with Crippen molar-refractivity contribution >= 4 is 62.9 Å². The molecule has 0 aliphatic rings. The van der Waals surface area contributed by atoms with Gasteiger partial charge in [-0.3, -0.25) is 0 Å². The van der Waals surface area contributed by atoms with Gasteiger partial charge in [-0.15, -0.1) is 0 Å². The molecule has 0 atom stereocenters. The molecule has 0 aliphatic carbocycles. The number of nitrogen functional groups attached to an aromatic ring is 1. The van der Waals surface area contributed by atoms with E-state index < -0.39 is 11.6 Å². The maximum Gasteiger partial charge on any atom is 0.165 e. The van der Waals surface area contributed by atoms with Crippen molar-refractivity contribution in [2.45, 2.75) is 0 Å². The second-order valence-corrected chi connectivity index (χ2v) is 8.55. The van der Waals surface area contributed by atoms with Gasteiger partial charge in [0, 0.05) is 45.2 Å². The number of ether oxygens (including phenoxy) is 2. The lowest BCUT2D eigenvalue weighted by molar-refractivity contribution is 0.387. The molecule has 0 aliphatic heterocycles. The van der Waals surface area contributed by atoms with Gasteiger partial charge in [0.25, 0.3) is 0 Å². The van der Waals surface area contributed by atoms with E-state index in [1.54, 1.807) is 36.7 Å². The van der Waals surface area contributed by atoms with E-state index in [4.69, 9.17) is 33.7 Å². The molecule has 0 radical (unpaired) electrons. The Bertz CT molecular complexity index is 1230. The van der Waals surface area contributed by atoms with Crippen LogP contribution in [-0.2, 0) is 0 Å². The summed E-state index contributed by atoms with van der Waals surface area (Å²) in [6.07, 6.45) is 3.27. The summed E-state index contributed by atoms with van der Waals surface area (Å²) in [6.45, 7) is 0. The predicted molar refractivity (Wildman–Crippen MR) is 145 cm³/mol. The van der Waals surface area contributed by atoms with Crippen molar-refractivity contribution in [3.05, 3.63) is 98.6 Å². The minimum atomic E-state index is -0.397. The van der Waals surface area contributed by atoms with Crippen molar-refractivity contribution in [2.24, 2.45) is 0 Å². The molecule has 11 heteroatoms. The first kappa shape index (κ1) is 28.3. The summed E-state index contributed by atoms with van der Waals surface area (Å²) in [5, 5.41) is 4.02. The van der Waals surface area contributed by atoms with E-state index in [-0.39, 0.29) is 11.5 Å². The predicted octanol–water partition coefficient (Wildman–Crippen LogP) is 7.38. The standard InChI is InChI=1S/C12H10ClFN2O.C7H8FNO.C5H3ClIN/c1-17-11-6-8(2-3-10(11)14)16-9-4-5-15-12(13)7-9;1-10-7-4-5(9)2-3-6(7)8;6-5-3-4(7)1-2-8-5/h2-7H,1H3,(H,15,16);2-4H,9H2,1H3;1-3H. The van der Waals surface area contributed by atoms with E-state index in [1.807, 2.05) is 12.1 Å². The van der Waals surface area contributed by atoms with Crippen LogP contribution >= 0.6 is 45.8 Å². The minimum Gasteiger partial charge on any atom is -0.494 e. The zero-order valence-electron chi connectivity index (χ0n) is 18.6. The molecule has 0 fully saturated rings. The summed E-state index contributed by atoms with van der Waals surface area (Å²) in [6, 6.07) is 15.9. The second kappa shape index (κ2) is 14.5. The lowest BCUT2D eigenvalue weighted by Gasteiger charge is -2.08. The zero-order chi connectivity index (χ0) is 25.8. The summed E-state index contributed by atoms with van der Waals surface area (Å²) in [5.74, 6) is -0.419. The third-order valence-electron chi connectivity index (χ3n) is 4.03. The van der Waals surface area contributed by atoms with Crippen LogP contribution in [0.5, 0.6) is 11.5 Å². The summed E-state index contributed by atoms with van der Waals surface area (Å²) >= 11 is 13.5. The monoisotopic (exact) mass is 632 g/mol. The normalized spacial score (nSPS) is 9.69. The molecule has 0 saturated heterocycles. The van der Waals surface area contributed by atoms with Crippen LogP contribution in [0.3, 0.4) is 0 Å².